The van der Waals surface area contributed by atoms with Gasteiger partial charge in [-0.15, -0.1) is 0 Å². The standard InChI is InChI=1S/C14H10BrCl2NO2/c1-7-2-3-8(4-10(7)15)14(20)18-9-5-11(16)13(19)12(17)6-9/h2-6,19H,1H3,(H,18,20). The second-order valence-electron chi connectivity index (χ2n) is 4.21. The van der Waals surface area contributed by atoms with Crippen molar-refractivity contribution >= 4 is 50.7 Å². The zero-order chi connectivity index (χ0) is 14.9. The van der Waals surface area contributed by atoms with E-state index in [9.17, 15) is 9.90 Å². The number of nitrogens with one attached hydrogen (secondary N) is 1. The topological polar surface area (TPSA) is 49.3 Å². The van der Waals surface area contributed by atoms with Gasteiger partial charge < -0.3 is 10.4 Å². The van der Waals surface area contributed by atoms with Gasteiger partial charge in [-0.1, -0.05) is 45.2 Å². The number of halogens is 3. The molecule has 0 saturated carbocycles. The number of amides is 1. The summed E-state index contributed by atoms with van der Waals surface area (Å²) in [6.07, 6.45) is 0. The lowest BCUT2D eigenvalue weighted by molar-refractivity contribution is 0.102. The molecule has 0 heterocycles. The highest BCUT2D eigenvalue weighted by Crippen LogP contribution is 2.34. The van der Waals surface area contributed by atoms with Crippen molar-refractivity contribution in [3.63, 3.8) is 0 Å². The van der Waals surface area contributed by atoms with Crippen molar-refractivity contribution < 1.29 is 9.90 Å². The molecule has 0 radical (unpaired) electrons. The molecule has 0 spiro atoms. The molecule has 0 fully saturated rings. The van der Waals surface area contributed by atoms with E-state index in [1.165, 1.54) is 12.1 Å². The molecule has 3 nitrogen and oxygen atoms in total. The second-order valence-corrected chi connectivity index (χ2v) is 5.88. The summed E-state index contributed by atoms with van der Waals surface area (Å²) >= 11 is 15.0. The van der Waals surface area contributed by atoms with Gasteiger partial charge in [0.05, 0.1) is 10.0 Å². The number of phenolic OH excluding ortho intramolecular Hbond substituents is 1. The van der Waals surface area contributed by atoms with Crippen LogP contribution in [0.1, 0.15) is 15.9 Å². The molecule has 104 valence electrons. The summed E-state index contributed by atoms with van der Waals surface area (Å²) < 4.78 is 0.854. The van der Waals surface area contributed by atoms with E-state index in [2.05, 4.69) is 21.2 Å². The monoisotopic (exact) mass is 373 g/mol. The van der Waals surface area contributed by atoms with Crippen LogP contribution in [0, 0.1) is 6.92 Å². The molecule has 2 aromatic carbocycles. The van der Waals surface area contributed by atoms with Gasteiger partial charge in [-0.25, -0.2) is 0 Å². The number of hydrogen-bond acceptors (Lipinski definition) is 2. The summed E-state index contributed by atoms with van der Waals surface area (Å²) in [5.74, 6) is -0.493. The molecule has 2 N–H and O–H groups in total. The van der Waals surface area contributed by atoms with Gasteiger partial charge in [0.25, 0.3) is 5.91 Å². The van der Waals surface area contributed by atoms with Crippen LogP contribution in [-0.4, -0.2) is 11.0 Å². The predicted molar refractivity (Wildman–Crippen MR) is 85.0 cm³/mol. The first-order chi connectivity index (χ1) is 9.38. The Hall–Kier alpha value is -1.23. The summed E-state index contributed by atoms with van der Waals surface area (Å²) in [6, 6.07) is 8.16. The maximum atomic E-state index is 12.1. The van der Waals surface area contributed by atoms with Crippen molar-refractivity contribution in [1.82, 2.24) is 0 Å². The largest absolute Gasteiger partial charge is 0.505 e. The molecule has 0 unspecified atom stereocenters. The van der Waals surface area contributed by atoms with Crippen LogP contribution in [0.4, 0.5) is 5.69 Å². The zero-order valence-corrected chi connectivity index (χ0v) is 13.5. The molecule has 0 saturated heterocycles. The van der Waals surface area contributed by atoms with E-state index in [0.717, 1.165) is 10.0 Å². The van der Waals surface area contributed by atoms with Gasteiger partial charge in [0.1, 0.15) is 0 Å². The molecule has 20 heavy (non-hydrogen) atoms. The minimum atomic E-state index is -0.288. The Labute approximate surface area is 134 Å². The van der Waals surface area contributed by atoms with Crippen LogP contribution in [-0.2, 0) is 0 Å². The number of aryl methyl sites for hydroxylation is 1. The first-order valence-electron chi connectivity index (χ1n) is 5.64. The first kappa shape index (κ1) is 15.2. The third-order valence-corrected chi connectivity index (χ3v) is 4.14. The Balaban J connectivity index is 2.25. The SMILES string of the molecule is Cc1ccc(C(=O)Nc2cc(Cl)c(O)c(Cl)c2)cc1Br. The number of carbonyl (C=O) groups excluding carboxylic acids is 1. The summed E-state index contributed by atoms with van der Waals surface area (Å²) in [5.41, 5.74) is 1.96. The number of anilines is 1. The second kappa shape index (κ2) is 6.04. The number of aromatic hydroxyl groups is 1. The summed E-state index contributed by atoms with van der Waals surface area (Å²) in [5, 5.41) is 12.3. The highest BCUT2D eigenvalue weighted by Gasteiger charge is 2.11. The van der Waals surface area contributed by atoms with E-state index in [-0.39, 0.29) is 21.7 Å². The van der Waals surface area contributed by atoms with Crippen LogP contribution in [0.25, 0.3) is 0 Å². The van der Waals surface area contributed by atoms with Gasteiger partial charge in [-0.2, -0.15) is 0 Å². The normalized spacial score (nSPS) is 10.4. The lowest BCUT2D eigenvalue weighted by Crippen LogP contribution is -2.12. The van der Waals surface area contributed by atoms with Crippen molar-refractivity contribution in [3.8, 4) is 5.75 Å². The maximum absolute atomic E-state index is 12.1. The fourth-order valence-electron chi connectivity index (χ4n) is 1.58. The Kier molecular flexibility index (Phi) is 4.58. The summed E-state index contributed by atoms with van der Waals surface area (Å²) in [7, 11) is 0. The van der Waals surface area contributed by atoms with Crippen LogP contribution in [0.2, 0.25) is 10.0 Å². The lowest BCUT2D eigenvalue weighted by atomic mass is 10.1. The molecular formula is C14H10BrCl2NO2. The predicted octanol–water partition coefficient (Wildman–Crippen LogP) is 5.02. The third-order valence-electron chi connectivity index (χ3n) is 2.71. The molecule has 1 amide bonds. The fraction of sp³-hybridized carbons (Fsp3) is 0.0714. The highest BCUT2D eigenvalue weighted by molar-refractivity contribution is 9.10. The number of hydrogen-bond donors (Lipinski definition) is 2. The summed E-state index contributed by atoms with van der Waals surface area (Å²) in [4.78, 5) is 12.1. The van der Waals surface area contributed by atoms with Crippen molar-refractivity contribution in [2.45, 2.75) is 6.92 Å². The first-order valence-corrected chi connectivity index (χ1v) is 7.19. The lowest BCUT2D eigenvalue weighted by Gasteiger charge is -2.09. The molecule has 6 heteroatoms. The number of phenols is 1. The van der Waals surface area contributed by atoms with E-state index in [4.69, 9.17) is 23.2 Å². The Bertz CT molecular complexity index is 666. The van der Waals surface area contributed by atoms with Crippen molar-refractivity contribution in [3.05, 3.63) is 56.0 Å². The van der Waals surface area contributed by atoms with Crippen LogP contribution in [0.15, 0.2) is 34.8 Å². The van der Waals surface area contributed by atoms with Crippen molar-refractivity contribution in [1.29, 1.82) is 0 Å². The number of rotatable bonds is 2. The van der Waals surface area contributed by atoms with Gasteiger partial charge in [-0.05, 0) is 36.8 Å². The molecule has 2 rings (SSSR count). The fourth-order valence-corrected chi connectivity index (χ4v) is 2.44. The van der Waals surface area contributed by atoms with Crippen molar-refractivity contribution in [2.24, 2.45) is 0 Å². The Morgan fingerprint density at radius 1 is 1.20 bits per heavy atom. The Morgan fingerprint density at radius 2 is 1.80 bits per heavy atom. The number of benzene rings is 2. The third kappa shape index (κ3) is 3.26. The minimum absolute atomic E-state index is 0.0814. The van der Waals surface area contributed by atoms with Crippen LogP contribution < -0.4 is 5.32 Å². The van der Waals surface area contributed by atoms with Crippen molar-refractivity contribution in [2.75, 3.05) is 5.32 Å². The Morgan fingerprint density at radius 3 is 2.35 bits per heavy atom. The van der Waals surface area contributed by atoms with E-state index >= 15 is 0 Å². The molecule has 2 aromatic rings. The van der Waals surface area contributed by atoms with Gasteiger partial charge in [0.2, 0.25) is 0 Å². The average molecular weight is 375 g/mol. The minimum Gasteiger partial charge on any atom is -0.505 e. The highest BCUT2D eigenvalue weighted by atomic mass is 79.9. The molecule has 0 aliphatic heterocycles. The average Bonchev–Trinajstić information content (AvgIpc) is 2.39. The summed E-state index contributed by atoms with van der Waals surface area (Å²) in [6.45, 7) is 1.94. The zero-order valence-electron chi connectivity index (χ0n) is 10.4. The molecule has 0 bridgehead atoms. The van der Waals surface area contributed by atoms with Crippen LogP contribution in [0.3, 0.4) is 0 Å². The van der Waals surface area contributed by atoms with Gasteiger partial charge in [0, 0.05) is 15.7 Å². The van der Waals surface area contributed by atoms with Crippen LogP contribution in [0.5, 0.6) is 5.75 Å². The van der Waals surface area contributed by atoms with Gasteiger partial charge >= 0.3 is 0 Å². The molecule has 0 aliphatic carbocycles. The number of carbonyl (C=O) groups is 1. The molecule has 0 atom stereocenters. The van der Waals surface area contributed by atoms with E-state index in [1.54, 1.807) is 12.1 Å². The van der Waals surface area contributed by atoms with E-state index < -0.39 is 0 Å². The van der Waals surface area contributed by atoms with Crippen LogP contribution >= 0.6 is 39.1 Å². The molecule has 0 aliphatic rings. The molecular weight excluding hydrogens is 365 g/mol. The van der Waals surface area contributed by atoms with E-state index in [1.807, 2.05) is 13.0 Å². The maximum Gasteiger partial charge on any atom is 0.255 e. The van der Waals surface area contributed by atoms with E-state index in [0.29, 0.717) is 11.3 Å². The smallest absolute Gasteiger partial charge is 0.255 e. The van der Waals surface area contributed by atoms with Gasteiger partial charge in [-0.3, -0.25) is 4.79 Å². The quantitative estimate of drug-likeness (QED) is 0.725. The molecule has 0 aromatic heterocycles. The van der Waals surface area contributed by atoms with Gasteiger partial charge in [0.15, 0.2) is 5.75 Å².